The van der Waals surface area contributed by atoms with Crippen molar-refractivity contribution < 1.29 is 13.9 Å². The van der Waals surface area contributed by atoms with Crippen LogP contribution < -0.4 is 15.0 Å². The second-order valence-electron chi connectivity index (χ2n) is 6.67. The third-order valence-electron chi connectivity index (χ3n) is 4.85. The van der Waals surface area contributed by atoms with E-state index < -0.39 is 0 Å². The number of rotatable bonds is 5. The number of carbonyl (C=O) groups excluding carboxylic acids is 1. The van der Waals surface area contributed by atoms with Crippen molar-refractivity contribution in [3.8, 4) is 5.75 Å². The molecule has 1 fully saturated rings. The van der Waals surface area contributed by atoms with Gasteiger partial charge in [-0.15, -0.1) is 0 Å². The van der Waals surface area contributed by atoms with Crippen molar-refractivity contribution in [2.45, 2.75) is 19.8 Å². The van der Waals surface area contributed by atoms with E-state index in [9.17, 15) is 4.79 Å². The lowest BCUT2D eigenvalue weighted by Gasteiger charge is -2.30. The van der Waals surface area contributed by atoms with Gasteiger partial charge in [-0.05, 0) is 56.2 Å². The molecule has 1 aliphatic heterocycles. The predicted molar refractivity (Wildman–Crippen MR) is 105 cm³/mol. The maximum absolute atomic E-state index is 12.6. The van der Waals surface area contributed by atoms with Crippen LogP contribution in [0.25, 0.3) is 11.1 Å². The van der Waals surface area contributed by atoms with Crippen LogP contribution in [0.15, 0.2) is 52.9 Å². The molecular weight excluding hydrogens is 342 g/mol. The Balaban J connectivity index is 1.33. The average molecular weight is 365 g/mol. The number of piperidine rings is 1. The molecule has 1 aromatic heterocycles. The Labute approximate surface area is 158 Å². The first-order valence-electron chi connectivity index (χ1n) is 9.37. The summed E-state index contributed by atoms with van der Waals surface area (Å²) in [6.45, 7) is 4.09. The Kier molecular flexibility index (Phi) is 4.96. The van der Waals surface area contributed by atoms with Crippen LogP contribution in [-0.4, -0.2) is 30.6 Å². The first-order chi connectivity index (χ1) is 13.2. The highest BCUT2D eigenvalue weighted by Gasteiger charge is 2.27. The van der Waals surface area contributed by atoms with E-state index in [-0.39, 0.29) is 11.8 Å². The molecule has 0 unspecified atom stereocenters. The van der Waals surface area contributed by atoms with Crippen molar-refractivity contribution in [2.75, 3.05) is 29.9 Å². The zero-order valence-electron chi connectivity index (χ0n) is 15.4. The van der Waals surface area contributed by atoms with Crippen LogP contribution in [0.2, 0.25) is 0 Å². The zero-order chi connectivity index (χ0) is 18.6. The highest BCUT2D eigenvalue weighted by molar-refractivity contribution is 5.92. The number of benzene rings is 2. The number of fused-ring (bicyclic) bond motifs is 1. The lowest BCUT2D eigenvalue weighted by molar-refractivity contribution is -0.120. The number of ether oxygens (including phenoxy) is 1. The van der Waals surface area contributed by atoms with Crippen LogP contribution >= 0.6 is 0 Å². The highest BCUT2D eigenvalue weighted by Crippen LogP contribution is 2.27. The number of nitrogens with one attached hydrogen (secondary N) is 1. The highest BCUT2D eigenvalue weighted by atomic mass is 16.5. The van der Waals surface area contributed by atoms with Gasteiger partial charge in [0.15, 0.2) is 5.58 Å². The number of aromatic nitrogens is 1. The Morgan fingerprint density at radius 2 is 1.93 bits per heavy atom. The molecule has 1 amide bonds. The Hall–Kier alpha value is -3.02. The third kappa shape index (κ3) is 3.89. The molecule has 1 N–H and O–H groups in total. The molecule has 0 saturated carbocycles. The van der Waals surface area contributed by atoms with Gasteiger partial charge in [0, 0.05) is 24.7 Å². The molecule has 0 spiro atoms. The van der Waals surface area contributed by atoms with Crippen LogP contribution in [0.5, 0.6) is 5.75 Å². The Morgan fingerprint density at radius 1 is 1.19 bits per heavy atom. The number of nitrogens with zero attached hydrogens (tertiary/aromatic N) is 2. The number of anilines is 2. The Morgan fingerprint density at radius 3 is 2.63 bits per heavy atom. The lowest BCUT2D eigenvalue weighted by Crippen LogP contribution is -2.38. The lowest BCUT2D eigenvalue weighted by atomic mass is 9.96. The maximum atomic E-state index is 12.6. The van der Waals surface area contributed by atoms with Gasteiger partial charge in [-0.25, -0.2) is 0 Å². The summed E-state index contributed by atoms with van der Waals surface area (Å²) >= 11 is 0. The van der Waals surface area contributed by atoms with Gasteiger partial charge in [-0.2, -0.15) is 4.98 Å². The summed E-state index contributed by atoms with van der Waals surface area (Å²) in [7, 11) is 0. The molecule has 6 heteroatoms. The van der Waals surface area contributed by atoms with Crippen LogP contribution in [0, 0.1) is 5.92 Å². The largest absolute Gasteiger partial charge is 0.494 e. The van der Waals surface area contributed by atoms with E-state index in [1.807, 2.05) is 55.5 Å². The fourth-order valence-corrected chi connectivity index (χ4v) is 3.37. The zero-order valence-corrected chi connectivity index (χ0v) is 15.4. The van der Waals surface area contributed by atoms with E-state index in [0.717, 1.165) is 48.5 Å². The van der Waals surface area contributed by atoms with Crippen molar-refractivity contribution in [1.29, 1.82) is 0 Å². The molecule has 1 aliphatic rings. The Bertz CT molecular complexity index is 879. The molecule has 140 valence electrons. The van der Waals surface area contributed by atoms with Crippen molar-refractivity contribution in [3.05, 3.63) is 48.5 Å². The smallest absolute Gasteiger partial charge is 0.298 e. The first kappa shape index (κ1) is 17.4. The van der Waals surface area contributed by atoms with Crippen molar-refractivity contribution >= 4 is 28.7 Å². The minimum Gasteiger partial charge on any atom is -0.494 e. The van der Waals surface area contributed by atoms with Crippen molar-refractivity contribution in [2.24, 2.45) is 5.92 Å². The number of para-hydroxylation sites is 2. The van der Waals surface area contributed by atoms with Gasteiger partial charge in [-0.1, -0.05) is 12.1 Å². The monoisotopic (exact) mass is 365 g/mol. The quantitative estimate of drug-likeness (QED) is 0.738. The number of oxazole rings is 1. The summed E-state index contributed by atoms with van der Waals surface area (Å²) in [6, 6.07) is 15.9. The van der Waals surface area contributed by atoms with E-state index in [1.54, 1.807) is 0 Å². The van der Waals surface area contributed by atoms with Crippen LogP contribution in [-0.2, 0) is 4.79 Å². The van der Waals surface area contributed by atoms with Crippen LogP contribution in [0.1, 0.15) is 19.8 Å². The summed E-state index contributed by atoms with van der Waals surface area (Å²) in [5.74, 6) is 0.871. The summed E-state index contributed by atoms with van der Waals surface area (Å²) in [5.41, 5.74) is 2.45. The van der Waals surface area contributed by atoms with Gasteiger partial charge >= 0.3 is 0 Å². The molecule has 2 heterocycles. The van der Waals surface area contributed by atoms with Gasteiger partial charge in [0.1, 0.15) is 11.3 Å². The van der Waals surface area contributed by atoms with E-state index in [2.05, 4.69) is 15.2 Å². The van der Waals surface area contributed by atoms with Crippen molar-refractivity contribution in [3.63, 3.8) is 0 Å². The second kappa shape index (κ2) is 7.70. The molecule has 2 aromatic carbocycles. The van der Waals surface area contributed by atoms with E-state index >= 15 is 0 Å². The molecule has 0 bridgehead atoms. The summed E-state index contributed by atoms with van der Waals surface area (Å²) in [4.78, 5) is 19.2. The summed E-state index contributed by atoms with van der Waals surface area (Å²) in [5, 5.41) is 3.00. The molecule has 6 nitrogen and oxygen atoms in total. The number of hydrogen-bond acceptors (Lipinski definition) is 5. The van der Waals surface area contributed by atoms with E-state index in [4.69, 9.17) is 9.15 Å². The SMILES string of the molecule is CCOc1ccc(NC(=O)C2CCN(c3nc4ccccc4o3)CC2)cc1. The summed E-state index contributed by atoms with van der Waals surface area (Å²) in [6.07, 6.45) is 1.56. The molecule has 0 radical (unpaired) electrons. The first-order valence-corrected chi connectivity index (χ1v) is 9.37. The predicted octanol–water partition coefficient (Wildman–Crippen LogP) is 4.08. The van der Waals surface area contributed by atoms with Crippen molar-refractivity contribution in [1.82, 2.24) is 4.98 Å². The molecule has 0 atom stereocenters. The number of carbonyl (C=O) groups is 1. The molecule has 27 heavy (non-hydrogen) atoms. The second-order valence-corrected chi connectivity index (χ2v) is 6.67. The van der Waals surface area contributed by atoms with Gasteiger partial charge in [0.05, 0.1) is 6.61 Å². The molecule has 4 rings (SSSR count). The molecule has 1 saturated heterocycles. The average Bonchev–Trinajstić information content (AvgIpc) is 3.14. The number of hydrogen-bond donors (Lipinski definition) is 1. The fourth-order valence-electron chi connectivity index (χ4n) is 3.37. The van der Waals surface area contributed by atoms with Gasteiger partial charge < -0.3 is 19.4 Å². The molecule has 0 aliphatic carbocycles. The standard InChI is InChI=1S/C21H23N3O3/c1-2-26-17-9-7-16(8-10-17)22-20(25)15-11-13-24(14-12-15)21-23-18-5-3-4-6-19(18)27-21/h3-10,15H,2,11-14H2,1H3,(H,22,25). The van der Waals surface area contributed by atoms with E-state index in [1.165, 1.54) is 0 Å². The summed E-state index contributed by atoms with van der Waals surface area (Å²) < 4.78 is 11.3. The van der Waals surface area contributed by atoms with E-state index in [0.29, 0.717) is 12.6 Å². The van der Waals surface area contributed by atoms with Crippen LogP contribution in [0.3, 0.4) is 0 Å². The van der Waals surface area contributed by atoms with Gasteiger partial charge in [0.2, 0.25) is 5.91 Å². The topological polar surface area (TPSA) is 67.6 Å². The number of amides is 1. The van der Waals surface area contributed by atoms with Crippen LogP contribution in [0.4, 0.5) is 11.7 Å². The third-order valence-corrected chi connectivity index (χ3v) is 4.85. The van der Waals surface area contributed by atoms with Gasteiger partial charge in [-0.3, -0.25) is 4.79 Å². The fraction of sp³-hybridized carbons (Fsp3) is 0.333. The normalized spacial score (nSPS) is 15.1. The minimum absolute atomic E-state index is 0.00260. The molecular formula is C21H23N3O3. The molecule has 3 aromatic rings. The minimum atomic E-state index is -0.00260. The maximum Gasteiger partial charge on any atom is 0.298 e. The van der Waals surface area contributed by atoms with Gasteiger partial charge in [0.25, 0.3) is 6.01 Å².